The molecule has 0 aromatic heterocycles. The van der Waals surface area contributed by atoms with Crippen LogP contribution >= 0.6 is 7.82 Å². The van der Waals surface area contributed by atoms with Gasteiger partial charge in [-0.2, -0.15) is 0 Å². The highest BCUT2D eigenvalue weighted by Gasteiger charge is 2.26. The zero-order valence-corrected chi connectivity index (χ0v) is 43.0. The third-order valence-electron chi connectivity index (χ3n) is 12.1. The van der Waals surface area contributed by atoms with Gasteiger partial charge in [-0.05, 0) is 38.5 Å². The second-order valence-corrected chi connectivity index (χ2v) is 21.1. The standard InChI is InChI=1S/C53H106NO7P/c1-6-8-10-12-14-16-18-20-22-24-25-26-27-28-29-31-33-35-37-39-41-43-45-48-58-50-52(51-60-62(56,57)59-49-47-54(3,4)5)61-53(55)46-44-42-40-38-36-34-32-30-23-21-19-17-15-13-11-9-7-2/h21,23,52H,6-20,22,24-51H2,1-5H3/p+1/b23-21-. The van der Waals surface area contributed by atoms with Gasteiger partial charge in [0.1, 0.15) is 19.3 Å². The maximum absolute atomic E-state index is 12.8. The molecular weight excluding hydrogens is 794 g/mol. The van der Waals surface area contributed by atoms with Crippen LogP contribution < -0.4 is 0 Å². The second kappa shape index (κ2) is 46.8. The summed E-state index contributed by atoms with van der Waals surface area (Å²) in [5.74, 6) is -0.312. The Morgan fingerprint density at radius 1 is 0.484 bits per heavy atom. The van der Waals surface area contributed by atoms with E-state index in [2.05, 4.69) is 26.0 Å². The Balaban J connectivity index is 4.05. The molecule has 370 valence electrons. The van der Waals surface area contributed by atoms with Crippen LogP contribution in [-0.4, -0.2) is 75.6 Å². The van der Waals surface area contributed by atoms with E-state index in [-0.39, 0.29) is 25.8 Å². The molecule has 1 N–H and O–H groups in total. The van der Waals surface area contributed by atoms with Crippen molar-refractivity contribution in [3.05, 3.63) is 12.2 Å². The Kier molecular flexibility index (Phi) is 46.2. The molecule has 0 rings (SSSR count). The number of carbonyl (C=O) groups is 1. The molecule has 0 aromatic carbocycles. The Morgan fingerprint density at radius 3 is 1.23 bits per heavy atom. The third kappa shape index (κ3) is 50.2. The van der Waals surface area contributed by atoms with E-state index in [1.54, 1.807) is 0 Å². The van der Waals surface area contributed by atoms with Gasteiger partial charge in [0.05, 0.1) is 34.4 Å². The number of hydrogen-bond donors (Lipinski definition) is 1. The molecule has 0 heterocycles. The number of carbonyl (C=O) groups excluding carboxylic acids is 1. The lowest BCUT2D eigenvalue weighted by atomic mass is 10.0. The molecule has 0 aliphatic rings. The molecule has 0 aromatic rings. The van der Waals surface area contributed by atoms with Crippen molar-refractivity contribution in [3.63, 3.8) is 0 Å². The smallest absolute Gasteiger partial charge is 0.457 e. The lowest BCUT2D eigenvalue weighted by molar-refractivity contribution is -0.870. The first-order chi connectivity index (χ1) is 30.1. The lowest BCUT2D eigenvalue weighted by Gasteiger charge is -2.24. The number of phosphoric acid groups is 1. The Morgan fingerprint density at radius 2 is 0.839 bits per heavy atom. The number of hydrogen-bond acceptors (Lipinski definition) is 6. The predicted molar refractivity (Wildman–Crippen MR) is 266 cm³/mol. The normalized spacial score (nSPS) is 13.6. The fourth-order valence-corrected chi connectivity index (χ4v) is 8.65. The summed E-state index contributed by atoms with van der Waals surface area (Å²) in [5.41, 5.74) is 0. The number of ether oxygens (including phenoxy) is 2. The number of quaternary nitrogens is 1. The predicted octanol–water partition coefficient (Wildman–Crippen LogP) is 16.6. The van der Waals surface area contributed by atoms with Gasteiger partial charge in [-0.25, -0.2) is 4.57 Å². The Hall–Kier alpha value is -0.760. The van der Waals surface area contributed by atoms with Gasteiger partial charge < -0.3 is 18.9 Å². The summed E-state index contributed by atoms with van der Waals surface area (Å²) >= 11 is 0. The van der Waals surface area contributed by atoms with Crippen LogP contribution in [0.4, 0.5) is 0 Å². The van der Waals surface area contributed by atoms with E-state index < -0.39 is 13.9 Å². The minimum Gasteiger partial charge on any atom is -0.457 e. The number of rotatable bonds is 51. The average Bonchev–Trinajstić information content (AvgIpc) is 3.23. The van der Waals surface area contributed by atoms with Gasteiger partial charge in [-0.1, -0.05) is 231 Å². The van der Waals surface area contributed by atoms with Gasteiger partial charge in [0.25, 0.3) is 0 Å². The number of phosphoric ester groups is 1. The number of unbranched alkanes of at least 4 members (excludes halogenated alkanes) is 35. The maximum atomic E-state index is 12.8. The highest BCUT2D eigenvalue weighted by Crippen LogP contribution is 2.43. The molecular formula is C53H107NO7P+. The van der Waals surface area contributed by atoms with Gasteiger partial charge in [0, 0.05) is 13.0 Å². The van der Waals surface area contributed by atoms with Crippen LogP contribution in [0.1, 0.15) is 264 Å². The van der Waals surface area contributed by atoms with Crippen LogP contribution in [0, 0.1) is 0 Å². The van der Waals surface area contributed by atoms with E-state index >= 15 is 0 Å². The van der Waals surface area contributed by atoms with Crippen LogP contribution in [0.5, 0.6) is 0 Å². The Labute approximate surface area is 386 Å². The van der Waals surface area contributed by atoms with E-state index in [1.807, 2.05) is 21.1 Å². The quantitative estimate of drug-likeness (QED) is 0.0214. The number of likely N-dealkylation sites (N-methyl/N-ethyl adjacent to an activating group) is 1. The SMILES string of the molecule is CCCCCCCC/C=C\CCCCCCCCCC(=O)OC(COCCCCCCCCCCCCCCCCCCCCCCCCC)COP(=O)(O)OCC[N+](C)(C)C. The summed E-state index contributed by atoms with van der Waals surface area (Å²) in [7, 11) is 1.68. The van der Waals surface area contributed by atoms with Crippen LogP contribution in [0.25, 0.3) is 0 Å². The highest BCUT2D eigenvalue weighted by molar-refractivity contribution is 7.47. The van der Waals surface area contributed by atoms with Crippen molar-refractivity contribution >= 4 is 13.8 Å². The third-order valence-corrected chi connectivity index (χ3v) is 13.1. The minimum atomic E-state index is -4.28. The van der Waals surface area contributed by atoms with Gasteiger partial charge in [0.2, 0.25) is 0 Å². The molecule has 0 radical (unpaired) electrons. The molecule has 8 nitrogen and oxygen atoms in total. The molecule has 0 spiro atoms. The van der Waals surface area contributed by atoms with Crippen LogP contribution in [0.2, 0.25) is 0 Å². The van der Waals surface area contributed by atoms with Gasteiger partial charge >= 0.3 is 13.8 Å². The maximum Gasteiger partial charge on any atom is 0.472 e. The molecule has 0 saturated carbocycles. The fourth-order valence-electron chi connectivity index (χ4n) is 7.90. The summed E-state index contributed by atoms with van der Waals surface area (Å²) in [5, 5.41) is 0. The van der Waals surface area contributed by atoms with Crippen LogP contribution in [-0.2, 0) is 27.9 Å². The largest absolute Gasteiger partial charge is 0.472 e. The molecule has 0 fully saturated rings. The molecule has 0 aliphatic carbocycles. The molecule has 2 unspecified atom stereocenters. The molecule has 0 aliphatic heterocycles. The van der Waals surface area contributed by atoms with Crippen molar-refractivity contribution in [3.8, 4) is 0 Å². The number of allylic oxidation sites excluding steroid dienone is 2. The van der Waals surface area contributed by atoms with Crippen molar-refractivity contribution in [1.82, 2.24) is 0 Å². The topological polar surface area (TPSA) is 91.3 Å². The summed E-state index contributed by atoms with van der Waals surface area (Å²) in [6.45, 7) is 5.68. The summed E-state index contributed by atoms with van der Waals surface area (Å²) in [6.07, 6.45) is 54.1. The van der Waals surface area contributed by atoms with Crippen LogP contribution in [0.3, 0.4) is 0 Å². The second-order valence-electron chi connectivity index (χ2n) is 19.6. The van der Waals surface area contributed by atoms with Gasteiger partial charge in [0.15, 0.2) is 0 Å². The zero-order chi connectivity index (χ0) is 45.5. The summed E-state index contributed by atoms with van der Waals surface area (Å²) in [4.78, 5) is 23.0. The first kappa shape index (κ1) is 61.2. The molecule has 9 heteroatoms. The van der Waals surface area contributed by atoms with E-state index in [9.17, 15) is 14.3 Å². The van der Waals surface area contributed by atoms with Crippen molar-refractivity contribution in [1.29, 1.82) is 0 Å². The minimum absolute atomic E-state index is 0.0914. The van der Waals surface area contributed by atoms with Gasteiger partial charge in [-0.3, -0.25) is 13.8 Å². The van der Waals surface area contributed by atoms with E-state index in [0.717, 1.165) is 32.1 Å². The van der Waals surface area contributed by atoms with E-state index in [0.29, 0.717) is 24.1 Å². The Bertz CT molecular complexity index is 1000. The van der Waals surface area contributed by atoms with Crippen molar-refractivity contribution in [2.24, 2.45) is 0 Å². The highest BCUT2D eigenvalue weighted by atomic mass is 31.2. The van der Waals surface area contributed by atoms with Crippen molar-refractivity contribution in [2.45, 2.75) is 270 Å². The first-order valence-electron chi connectivity index (χ1n) is 26.9. The average molecular weight is 901 g/mol. The molecule has 0 saturated heterocycles. The molecule has 62 heavy (non-hydrogen) atoms. The molecule has 0 bridgehead atoms. The van der Waals surface area contributed by atoms with Crippen molar-refractivity contribution in [2.75, 3.05) is 54.1 Å². The van der Waals surface area contributed by atoms with Crippen LogP contribution in [0.15, 0.2) is 12.2 Å². The lowest BCUT2D eigenvalue weighted by Crippen LogP contribution is -2.37. The van der Waals surface area contributed by atoms with Gasteiger partial charge in [-0.15, -0.1) is 0 Å². The monoisotopic (exact) mass is 901 g/mol. The fraction of sp³-hybridized carbons (Fsp3) is 0.943. The van der Waals surface area contributed by atoms with Crippen molar-refractivity contribution < 1.29 is 37.3 Å². The van der Waals surface area contributed by atoms with E-state index in [4.69, 9.17) is 18.5 Å². The number of esters is 1. The summed E-state index contributed by atoms with van der Waals surface area (Å²) in [6, 6.07) is 0. The molecule has 0 amide bonds. The summed E-state index contributed by atoms with van der Waals surface area (Å²) < 4.78 is 35.2. The number of nitrogens with zero attached hydrogens (tertiary/aromatic N) is 1. The first-order valence-corrected chi connectivity index (χ1v) is 28.4. The zero-order valence-electron chi connectivity index (χ0n) is 42.1. The van der Waals surface area contributed by atoms with E-state index in [1.165, 1.54) is 212 Å². The molecule has 2 atom stereocenters.